The van der Waals surface area contributed by atoms with Gasteiger partial charge in [-0.25, -0.2) is 0 Å². The van der Waals surface area contributed by atoms with Crippen molar-refractivity contribution in [1.29, 1.82) is 0 Å². The molecule has 1 N–H and O–H groups in total. The Morgan fingerprint density at radius 1 is 0.480 bits per heavy atom. The van der Waals surface area contributed by atoms with Crippen LogP contribution in [0.2, 0.25) is 0 Å². The van der Waals surface area contributed by atoms with Crippen molar-refractivity contribution < 1.29 is 0 Å². The number of nitrogens with one attached hydrogen (secondary N) is 1. The maximum absolute atomic E-state index is 3.74. The molecule has 1 aliphatic carbocycles. The van der Waals surface area contributed by atoms with Gasteiger partial charge in [-0.2, -0.15) is 0 Å². The summed E-state index contributed by atoms with van der Waals surface area (Å²) in [4.78, 5) is 0. The van der Waals surface area contributed by atoms with Gasteiger partial charge >= 0.3 is 0 Å². The molecule has 9 aromatic rings. The molecule has 2 heteroatoms. The van der Waals surface area contributed by atoms with Crippen molar-refractivity contribution in [2.24, 2.45) is 0 Å². The molecule has 1 aromatic heterocycles. The van der Waals surface area contributed by atoms with Gasteiger partial charge in [0, 0.05) is 44.2 Å². The van der Waals surface area contributed by atoms with Crippen molar-refractivity contribution in [2.45, 2.75) is 12.8 Å². The topological polar surface area (TPSA) is 17.0 Å². The predicted molar refractivity (Wildman–Crippen MR) is 215 cm³/mol. The van der Waals surface area contributed by atoms with Crippen LogP contribution in [-0.4, -0.2) is 4.57 Å². The Bertz CT molecular complexity index is 2820. The molecule has 10 rings (SSSR count). The number of hydrogen-bond acceptors (Lipinski definition) is 1. The van der Waals surface area contributed by atoms with Gasteiger partial charge in [-0.3, -0.25) is 0 Å². The summed E-state index contributed by atoms with van der Waals surface area (Å²) in [5.41, 5.74) is 10.9. The van der Waals surface area contributed by atoms with Crippen LogP contribution >= 0.6 is 0 Å². The highest BCUT2D eigenvalue weighted by molar-refractivity contribution is 6.37. The summed E-state index contributed by atoms with van der Waals surface area (Å²) in [5, 5.41) is 14.2. The molecule has 236 valence electrons. The van der Waals surface area contributed by atoms with Crippen LogP contribution in [0.3, 0.4) is 0 Å². The van der Waals surface area contributed by atoms with Gasteiger partial charge < -0.3 is 9.88 Å². The lowest BCUT2D eigenvalue weighted by atomic mass is 9.92. The average molecular weight is 639 g/mol. The Morgan fingerprint density at radius 2 is 1.16 bits per heavy atom. The number of anilines is 2. The summed E-state index contributed by atoms with van der Waals surface area (Å²) in [6, 6.07) is 59.4. The summed E-state index contributed by atoms with van der Waals surface area (Å²) in [5.74, 6) is 0. The lowest BCUT2D eigenvalue weighted by Gasteiger charge is -2.20. The third-order valence-corrected chi connectivity index (χ3v) is 10.4. The highest BCUT2D eigenvalue weighted by atomic mass is 15.0. The highest BCUT2D eigenvalue weighted by Crippen LogP contribution is 2.46. The SMILES string of the molecule is C1=C(c2ccccc2Nc2ccc(-c3ccccc3)cc2)C=C(n2c3ccccc3c3c4c5ccccc5ccc4c4ccccc4c32)CC1. The monoisotopic (exact) mass is 638 g/mol. The fourth-order valence-corrected chi connectivity index (χ4v) is 8.16. The molecular weight excluding hydrogens is 605 g/mol. The van der Waals surface area contributed by atoms with Crippen LogP contribution < -0.4 is 5.32 Å². The quantitative estimate of drug-likeness (QED) is 0.186. The van der Waals surface area contributed by atoms with E-state index in [9.17, 15) is 0 Å². The predicted octanol–water partition coefficient (Wildman–Crippen LogP) is 13.4. The number of para-hydroxylation sites is 2. The molecule has 0 saturated heterocycles. The van der Waals surface area contributed by atoms with E-state index in [1.165, 1.54) is 82.1 Å². The van der Waals surface area contributed by atoms with Crippen molar-refractivity contribution in [2.75, 3.05) is 5.32 Å². The average Bonchev–Trinajstić information content (AvgIpc) is 3.54. The summed E-state index contributed by atoms with van der Waals surface area (Å²) < 4.78 is 2.57. The van der Waals surface area contributed by atoms with E-state index in [0.29, 0.717) is 0 Å². The Morgan fingerprint density at radius 3 is 2.02 bits per heavy atom. The minimum atomic E-state index is 0.968. The molecule has 0 atom stereocenters. The second-order valence-corrected chi connectivity index (χ2v) is 13.3. The van der Waals surface area contributed by atoms with Crippen molar-refractivity contribution >= 4 is 76.8 Å². The molecule has 1 aliphatic rings. The lowest BCUT2D eigenvalue weighted by Crippen LogP contribution is -2.03. The zero-order chi connectivity index (χ0) is 33.0. The van der Waals surface area contributed by atoms with E-state index in [-0.39, 0.29) is 0 Å². The zero-order valence-corrected chi connectivity index (χ0v) is 27.6. The molecule has 2 nitrogen and oxygen atoms in total. The van der Waals surface area contributed by atoms with E-state index in [2.05, 4.69) is 186 Å². The lowest BCUT2D eigenvalue weighted by molar-refractivity contribution is 0.984. The van der Waals surface area contributed by atoms with Crippen LogP contribution in [0.15, 0.2) is 176 Å². The summed E-state index contributed by atoms with van der Waals surface area (Å²) in [7, 11) is 0. The van der Waals surface area contributed by atoms with E-state index in [4.69, 9.17) is 0 Å². The highest BCUT2D eigenvalue weighted by Gasteiger charge is 2.22. The Kier molecular flexibility index (Phi) is 6.67. The number of allylic oxidation sites excluding steroid dienone is 4. The maximum Gasteiger partial charge on any atom is 0.0622 e. The van der Waals surface area contributed by atoms with E-state index in [1.807, 2.05) is 0 Å². The zero-order valence-electron chi connectivity index (χ0n) is 27.6. The van der Waals surface area contributed by atoms with E-state index >= 15 is 0 Å². The van der Waals surface area contributed by atoms with Gasteiger partial charge in [-0.15, -0.1) is 0 Å². The molecule has 0 aliphatic heterocycles. The Balaban J connectivity index is 1.14. The van der Waals surface area contributed by atoms with Crippen LogP contribution in [0.1, 0.15) is 18.4 Å². The van der Waals surface area contributed by atoms with Crippen molar-refractivity contribution in [3.8, 4) is 11.1 Å². The van der Waals surface area contributed by atoms with Crippen LogP contribution in [0.4, 0.5) is 11.4 Å². The van der Waals surface area contributed by atoms with Crippen LogP contribution in [-0.2, 0) is 0 Å². The molecule has 0 saturated carbocycles. The number of hydrogen-bond donors (Lipinski definition) is 1. The fraction of sp³-hybridized carbons (Fsp3) is 0.0417. The Hall–Kier alpha value is -6.38. The Labute approximate surface area is 291 Å². The third kappa shape index (κ3) is 4.57. The van der Waals surface area contributed by atoms with E-state index in [0.717, 1.165) is 24.2 Å². The molecule has 0 amide bonds. The third-order valence-electron chi connectivity index (χ3n) is 10.4. The minimum absolute atomic E-state index is 0.968. The number of nitrogens with zero attached hydrogens (tertiary/aromatic N) is 1. The standard InChI is InChI=1S/C48H34N2/c1-2-13-32(14-3-1)33-25-28-36(29-26-33)49-44-23-10-8-18-38(44)35-16-12-17-37(31-35)50-45-24-11-9-22-43(45)47-46-39-19-5-4-15-34(39)27-30-41(46)40-20-6-7-21-42(40)48(47)50/h1-11,13-16,18-31,49H,12,17H2. The van der Waals surface area contributed by atoms with Crippen LogP contribution in [0.5, 0.6) is 0 Å². The number of benzene rings is 8. The first-order valence-corrected chi connectivity index (χ1v) is 17.5. The van der Waals surface area contributed by atoms with Crippen LogP contribution in [0, 0.1) is 0 Å². The first-order chi connectivity index (χ1) is 24.8. The smallest absolute Gasteiger partial charge is 0.0622 e. The van der Waals surface area contributed by atoms with Gasteiger partial charge in [-0.1, -0.05) is 146 Å². The number of rotatable bonds is 5. The summed E-state index contributed by atoms with van der Waals surface area (Å²) >= 11 is 0. The van der Waals surface area contributed by atoms with Crippen molar-refractivity contribution in [1.82, 2.24) is 4.57 Å². The second-order valence-electron chi connectivity index (χ2n) is 13.3. The van der Waals surface area contributed by atoms with Crippen LogP contribution in [0.25, 0.3) is 76.5 Å². The first kappa shape index (κ1) is 28.6. The largest absolute Gasteiger partial charge is 0.355 e. The molecule has 0 bridgehead atoms. The van der Waals surface area contributed by atoms with Gasteiger partial charge in [0.25, 0.3) is 0 Å². The summed E-state index contributed by atoms with van der Waals surface area (Å²) in [6.45, 7) is 0. The van der Waals surface area contributed by atoms with Gasteiger partial charge in [0.1, 0.15) is 0 Å². The maximum atomic E-state index is 3.74. The molecule has 50 heavy (non-hydrogen) atoms. The molecule has 0 fully saturated rings. The number of aromatic nitrogens is 1. The summed E-state index contributed by atoms with van der Waals surface area (Å²) in [6.07, 6.45) is 6.77. The second kappa shape index (κ2) is 11.6. The normalized spacial score (nSPS) is 13.3. The molecule has 1 heterocycles. The molecule has 0 spiro atoms. The molecule has 0 unspecified atom stereocenters. The molecule has 8 aromatic carbocycles. The molecular formula is C48H34N2. The van der Waals surface area contributed by atoms with E-state index in [1.54, 1.807) is 0 Å². The minimum Gasteiger partial charge on any atom is -0.355 e. The van der Waals surface area contributed by atoms with Crippen molar-refractivity contribution in [3.63, 3.8) is 0 Å². The fourth-order valence-electron chi connectivity index (χ4n) is 8.16. The van der Waals surface area contributed by atoms with Gasteiger partial charge in [0.05, 0.1) is 11.0 Å². The van der Waals surface area contributed by atoms with Gasteiger partial charge in [-0.05, 0) is 81.4 Å². The first-order valence-electron chi connectivity index (χ1n) is 17.5. The van der Waals surface area contributed by atoms with Gasteiger partial charge in [0.2, 0.25) is 0 Å². The van der Waals surface area contributed by atoms with Crippen molar-refractivity contribution in [3.05, 3.63) is 182 Å². The number of fused-ring (bicyclic) bond motifs is 10. The van der Waals surface area contributed by atoms with Gasteiger partial charge in [0.15, 0.2) is 0 Å². The molecule has 0 radical (unpaired) electrons. The van der Waals surface area contributed by atoms with E-state index < -0.39 is 0 Å².